The van der Waals surface area contributed by atoms with E-state index in [4.69, 9.17) is 0 Å². The van der Waals surface area contributed by atoms with E-state index >= 15 is 0 Å². The Morgan fingerprint density at radius 3 is 1.54 bits per heavy atom. The summed E-state index contributed by atoms with van der Waals surface area (Å²) in [6, 6.07) is 0. The third-order valence-electron chi connectivity index (χ3n) is 2.37. The fourth-order valence-electron chi connectivity index (χ4n) is 1.28. The highest BCUT2D eigenvalue weighted by molar-refractivity contribution is 5.97. The van der Waals surface area contributed by atoms with Gasteiger partial charge >= 0.3 is 5.97 Å². The normalized spacial score (nSPS) is 9.92. The number of carbonyl (C=O) groups excluding carboxylic acids is 2. The number of nitrogens with one attached hydrogen (secondary N) is 1. The van der Waals surface area contributed by atoms with E-state index < -0.39 is 0 Å². The molecule has 0 spiro atoms. The zero-order valence-corrected chi connectivity index (χ0v) is 15.9. The molecular formula is C20H31NO3. The summed E-state index contributed by atoms with van der Waals surface area (Å²) in [6.45, 7) is 21.8. The van der Waals surface area contributed by atoms with Crippen molar-refractivity contribution in [1.82, 2.24) is 5.32 Å². The third kappa shape index (κ3) is 12.0. The number of likely N-dealkylation sites (N-methyl/N-ethyl adjacent to an activating group) is 1. The number of hydrogen-bond donors (Lipinski definition) is 1. The highest BCUT2D eigenvalue weighted by atomic mass is 16.5. The highest BCUT2D eigenvalue weighted by Gasteiger charge is 2.07. The van der Waals surface area contributed by atoms with Crippen LogP contribution in [0.3, 0.4) is 0 Å². The molecule has 0 aromatic rings. The Morgan fingerprint density at radius 2 is 1.29 bits per heavy atom. The maximum Gasteiger partial charge on any atom is 0.338 e. The molecule has 0 fully saturated rings. The molecule has 0 bridgehead atoms. The molecule has 0 atom stereocenters. The lowest BCUT2D eigenvalue weighted by Crippen LogP contribution is -2.20. The minimum absolute atomic E-state index is 0.127. The molecule has 4 heteroatoms. The van der Waals surface area contributed by atoms with Gasteiger partial charge in [-0.05, 0) is 37.1 Å². The van der Waals surface area contributed by atoms with Crippen LogP contribution in [0.5, 0.6) is 0 Å². The van der Waals surface area contributed by atoms with Gasteiger partial charge < -0.3 is 10.1 Å². The van der Waals surface area contributed by atoms with Crippen molar-refractivity contribution in [3.63, 3.8) is 0 Å². The Morgan fingerprint density at radius 1 is 0.917 bits per heavy atom. The van der Waals surface area contributed by atoms with Gasteiger partial charge in [0.1, 0.15) is 0 Å². The van der Waals surface area contributed by atoms with Crippen molar-refractivity contribution >= 4 is 11.9 Å². The molecule has 0 aliphatic rings. The molecule has 0 unspecified atom stereocenters. The van der Waals surface area contributed by atoms with Crippen LogP contribution < -0.4 is 5.32 Å². The van der Waals surface area contributed by atoms with Gasteiger partial charge in [0.2, 0.25) is 0 Å². The molecule has 134 valence electrons. The Kier molecular flexibility index (Phi) is 18.3. The molecule has 0 saturated carbocycles. The van der Waals surface area contributed by atoms with Crippen LogP contribution in [-0.4, -0.2) is 26.0 Å². The van der Waals surface area contributed by atoms with Crippen molar-refractivity contribution < 1.29 is 14.3 Å². The molecule has 1 amide bonds. The smallest absolute Gasteiger partial charge is 0.338 e. The minimum atomic E-state index is -0.377. The zero-order valence-electron chi connectivity index (χ0n) is 15.9. The number of carbonyl (C=O) groups is 2. The predicted molar refractivity (Wildman–Crippen MR) is 104 cm³/mol. The van der Waals surface area contributed by atoms with Crippen LogP contribution in [0.4, 0.5) is 0 Å². The average molecular weight is 333 g/mol. The topological polar surface area (TPSA) is 55.4 Å². The van der Waals surface area contributed by atoms with E-state index in [1.165, 1.54) is 13.2 Å². The quantitative estimate of drug-likeness (QED) is 0.448. The van der Waals surface area contributed by atoms with Crippen molar-refractivity contribution in [1.29, 1.82) is 0 Å². The van der Waals surface area contributed by atoms with Crippen molar-refractivity contribution in [2.45, 2.75) is 27.7 Å². The van der Waals surface area contributed by atoms with Crippen LogP contribution in [0, 0.1) is 0 Å². The van der Waals surface area contributed by atoms with Gasteiger partial charge in [0.15, 0.2) is 0 Å². The monoisotopic (exact) mass is 333 g/mol. The molecule has 0 saturated heterocycles. The molecule has 0 radical (unpaired) electrons. The summed E-state index contributed by atoms with van der Waals surface area (Å²) in [5.74, 6) is -0.505. The molecule has 0 aliphatic carbocycles. The summed E-state index contributed by atoms with van der Waals surface area (Å²) < 4.78 is 4.51. The summed E-state index contributed by atoms with van der Waals surface area (Å²) >= 11 is 0. The van der Waals surface area contributed by atoms with Crippen molar-refractivity contribution in [2.75, 3.05) is 14.2 Å². The van der Waals surface area contributed by atoms with Crippen LogP contribution in [0.25, 0.3) is 0 Å². The van der Waals surface area contributed by atoms with E-state index in [0.717, 1.165) is 5.57 Å². The van der Waals surface area contributed by atoms with Gasteiger partial charge in [0.05, 0.1) is 12.7 Å². The fourth-order valence-corrected chi connectivity index (χ4v) is 1.28. The third-order valence-corrected chi connectivity index (χ3v) is 2.37. The first-order chi connectivity index (χ1) is 11.3. The van der Waals surface area contributed by atoms with E-state index in [0.29, 0.717) is 16.7 Å². The van der Waals surface area contributed by atoms with Gasteiger partial charge in [-0.2, -0.15) is 0 Å². The second-order valence-corrected chi connectivity index (χ2v) is 4.26. The molecular weight excluding hydrogens is 302 g/mol. The standard InChI is InChI=1S/C9H13NO.C9H12O2.C2H6/c1-5-6-8(7(2)3)9(11)10-4;1-5-6-8(7(2)3)9(10)11-4;1-2/h5-6H,1-2H2,3-4H3,(H,10,11);5-6H,1-2H2,3-4H3;1-2H3/b2*8-6+;. The maximum absolute atomic E-state index is 11.1. The van der Waals surface area contributed by atoms with Crippen molar-refractivity contribution in [3.05, 3.63) is 72.9 Å². The summed E-state index contributed by atoms with van der Waals surface area (Å²) in [5.41, 5.74) is 2.45. The molecule has 4 nitrogen and oxygen atoms in total. The summed E-state index contributed by atoms with van der Waals surface area (Å²) in [4.78, 5) is 22.0. The van der Waals surface area contributed by atoms with Gasteiger partial charge in [-0.25, -0.2) is 4.79 Å². The van der Waals surface area contributed by atoms with Crippen molar-refractivity contribution in [2.24, 2.45) is 0 Å². The summed E-state index contributed by atoms with van der Waals surface area (Å²) in [6.07, 6.45) is 6.32. The largest absolute Gasteiger partial charge is 0.465 e. The molecule has 0 aromatic heterocycles. The molecule has 24 heavy (non-hydrogen) atoms. The van der Waals surface area contributed by atoms with Crippen LogP contribution in [-0.2, 0) is 14.3 Å². The van der Waals surface area contributed by atoms with E-state index in [-0.39, 0.29) is 11.9 Å². The number of hydrogen-bond acceptors (Lipinski definition) is 3. The van der Waals surface area contributed by atoms with Gasteiger partial charge in [-0.15, -0.1) is 0 Å². The number of amides is 1. The Labute approximate surface area is 147 Å². The lowest BCUT2D eigenvalue weighted by Gasteiger charge is -2.02. The Hall–Kier alpha value is -2.62. The minimum Gasteiger partial charge on any atom is -0.465 e. The van der Waals surface area contributed by atoms with Crippen LogP contribution in [0.2, 0.25) is 0 Å². The van der Waals surface area contributed by atoms with E-state index in [1.54, 1.807) is 39.1 Å². The van der Waals surface area contributed by atoms with Crippen LogP contribution >= 0.6 is 0 Å². The van der Waals surface area contributed by atoms with E-state index in [1.807, 2.05) is 13.8 Å². The lowest BCUT2D eigenvalue weighted by molar-refractivity contribution is -0.135. The molecule has 0 heterocycles. The molecule has 0 rings (SSSR count). The number of ether oxygens (including phenoxy) is 1. The first kappa shape index (κ1) is 26.3. The number of rotatable bonds is 6. The van der Waals surface area contributed by atoms with Crippen LogP contribution in [0.15, 0.2) is 72.9 Å². The SMILES string of the molecule is C=C/C=C(\C(=C)C)C(=O)NC.C=C/C=C(\C(=C)C)C(=O)OC.CC. The molecule has 0 aliphatic heterocycles. The highest BCUT2D eigenvalue weighted by Crippen LogP contribution is 2.08. The van der Waals surface area contributed by atoms with E-state index in [2.05, 4.69) is 36.4 Å². The first-order valence-electron chi connectivity index (χ1n) is 7.54. The first-order valence-corrected chi connectivity index (χ1v) is 7.54. The average Bonchev–Trinajstić information content (AvgIpc) is 2.57. The predicted octanol–water partition coefficient (Wildman–Crippen LogP) is 4.30. The van der Waals surface area contributed by atoms with Gasteiger partial charge in [-0.1, -0.05) is 52.3 Å². The zero-order chi connectivity index (χ0) is 19.7. The fraction of sp³-hybridized carbons (Fsp3) is 0.300. The van der Waals surface area contributed by atoms with E-state index in [9.17, 15) is 9.59 Å². The Balaban J connectivity index is -0.000000333. The van der Waals surface area contributed by atoms with Gasteiger partial charge in [0.25, 0.3) is 5.91 Å². The number of allylic oxidation sites excluding steroid dienone is 4. The lowest BCUT2D eigenvalue weighted by atomic mass is 10.1. The Bertz CT molecular complexity index is 475. The number of methoxy groups -OCH3 is 1. The van der Waals surface area contributed by atoms with Crippen LogP contribution in [0.1, 0.15) is 27.7 Å². The second kappa shape index (κ2) is 16.7. The number of esters is 1. The van der Waals surface area contributed by atoms with Crippen molar-refractivity contribution in [3.8, 4) is 0 Å². The maximum atomic E-state index is 11.1. The molecule has 0 aromatic carbocycles. The molecule has 1 N–H and O–H groups in total. The van der Waals surface area contributed by atoms with Gasteiger partial charge in [-0.3, -0.25) is 4.79 Å². The second-order valence-electron chi connectivity index (χ2n) is 4.26. The van der Waals surface area contributed by atoms with Gasteiger partial charge in [0, 0.05) is 12.6 Å². The summed E-state index contributed by atoms with van der Waals surface area (Å²) in [7, 11) is 2.92. The summed E-state index contributed by atoms with van der Waals surface area (Å²) in [5, 5.41) is 2.52.